The average Bonchev–Trinajstić information content (AvgIpc) is 2.71. The molecule has 7 nitrogen and oxygen atoms in total. The highest BCUT2D eigenvalue weighted by Gasteiger charge is 2.42. The molecule has 2 rings (SSSR count). The molecule has 8 heteroatoms. The fourth-order valence-corrected chi connectivity index (χ4v) is 3.24. The predicted octanol–water partition coefficient (Wildman–Crippen LogP) is 3.32. The van der Waals surface area contributed by atoms with Crippen molar-refractivity contribution in [3.8, 4) is 0 Å². The van der Waals surface area contributed by atoms with Crippen LogP contribution in [-0.2, 0) is 34.2 Å². The summed E-state index contributed by atoms with van der Waals surface area (Å²) >= 11 is 6.19. The third-order valence-corrected chi connectivity index (χ3v) is 4.53. The van der Waals surface area contributed by atoms with Gasteiger partial charge in [-0.2, -0.15) is 0 Å². The van der Waals surface area contributed by atoms with Crippen molar-refractivity contribution in [3.63, 3.8) is 0 Å². The van der Waals surface area contributed by atoms with E-state index in [0.29, 0.717) is 10.6 Å². The third kappa shape index (κ3) is 5.57. The molecular formula is C22H24ClNO6. The molecule has 1 aromatic carbocycles. The molecule has 0 fully saturated rings. The first-order valence-corrected chi connectivity index (χ1v) is 9.90. The van der Waals surface area contributed by atoms with Gasteiger partial charge in [-0.15, -0.1) is 0 Å². The summed E-state index contributed by atoms with van der Waals surface area (Å²) in [7, 11) is 0. The Bertz CT molecular complexity index is 846. The molecule has 0 radical (unpaired) electrons. The van der Waals surface area contributed by atoms with E-state index in [2.05, 4.69) is 4.99 Å². The number of aliphatic imine (C=N–C) groups is 1. The molecule has 0 spiro atoms. The van der Waals surface area contributed by atoms with Crippen LogP contribution in [0.15, 0.2) is 58.6 Å². The Morgan fingerprint density at radius 2 is 1.73 bits per heavy atom. The van der Waals surface area contributed by atoms with Gasteiger partial charge in [-0.3, -0.25) is 9.79 Å². The van der Waals surface area contributed by atoms with Gasteiger partial charge in [0, 0.05) is 23.7 Å². The highest BCUT2D eigenvalue weighted by Crippen LogP contribution is 2.40. The van der Waals surface area contributed by atoms with Crippen LogP contribution in [0.3, 0.4) is 0 Å². The zero-order valence-electron chi connectivity index (χ0n) is 17.0. The van der Waals surface area contributed by atoms with Crippen LogP contribution >= 0.6 is 11.6 Å². The van der Waals surface area contributed by atoms with Gasteiger partial charge in [0.25, 0.3) is 0 Å². The van der Waals surface area contributed by atoms with Crippen LogP contribution < -0.4 is 0 Å². The second kappa shape index (κ2) is 10.7. The monoisotopic (exact) mass is 433 g/mol. The molecule has 0 aliphatic heterocycles. The van der Waals surface area contributed by atoms with Gasteiger partial charge < -0.3 is 14.2 Å². The van der Waals surface area contributed by atoms with Crippen molar-refractivity contribution in [2.45, 2.75) is 32.4 Å². The standard InChI is InChI=1S/C22H24ClNO6/c1-4-28-20(26)19(21(27)29-5-2)24-14-17-13-18(23)11-12-22(17,30-15(3)25)16-9-7-6-8-10-16/h6-14,17,19H,4-5H2,1-3H3. The van der Waals surface area contributed by atoms with Crippen molar-refractivity contribution in [1.82, 2.24) is 0 Å². The van der Waals surface area contributed by atoms with Crippen molar-refractivity contribution in [3.05, 3.63) is 59.2 Å². The lowest BCUT2D eigenvalue weighted by atomic mass is 9.78. The molecule has 2 atom stereocenters. The predicted molar refractivity (Wildman–Crippen MR) is 112 cm³/mol. The maximum atomic E-state index is 12.2. The summed E-state index contributed by atoms with van der Waals surface area (Å²) in [4.78, 5) is 40.5. The Morgan fingerprint density at radius 1 is 1.13 bits per heavy atom. The van der Waals surface area contributed by atoms with Crippen molar-refractivity contribution in [1.29, 1.82) is 0 Å². The highest BCUT2D eigenvalue weighted by atomic mass is 35.5. The van der Waals surface area contributed by atoms with Gasteiger partial charge in [-0.25, -0.2) is 9.59 Å². The number of rotatable bonds is 8. The number of hydrogen-bond acceptors (Lipinski definition) is 7. The fourth-order valence-electron chi connectivity index (χ4n) is 3.04. The van der Waals surface area contributed by atoms with E-state index in [1.807, 2.05) is 18.2 Å². The van der Waals surface area contributed by atoms with Crippen LogP contribution in [0.25, 0.3) is 0 Å². The Labute approximate surface area is 180 Å². The third-order valence-electron chi connectivity index (χ3n) is 4.28. The summed E-state index contributed by atoms with van der Waals surface area (Å²) in [5.41, 5.74) is -0.569. The summed E-state index contributed by atoms with van der Waals surface area (Å²) in [6.45, 7) is 4.72. The molecule has 1 aromatic rings. The Balaban J connectivity index is 2.49. The summed E-state index contributed by atoms with van der Waals surface area (Å²) < 4.78 is 15.6. The number of benzene rings is 1. The minimum atomic E-state index is -1.49. The molecule has 30 heavy (non-hydrogen) atoms. The number of carbonyl (C=O) groups is 3. The van der Waals surface area contributed by atoms with Gasteiger partial charge >= 0.3 is 17.9 Å². The molecule has 0 heterocycles. The lowest BCUT2D eigenvalue weighted by molar-refractivity contribution is -0.157. The van der Waals surface area contributed by atoms with Crippen LogP contribution in [-0.4, -0.2) is 43.4 Å². The molecule has 1 aliphatic rings. The van der Waals surface area contributed by atoms with Crippen LogP contribution in [0.5, 0.6) is 0 Å². The molecule has 0 saturated heterocycles. The van der Waals surface area contributed by atoms with E-state index < -0.39 is 35.5 Å². The molecule has 0 bridgehead atoms. The maximum Gasteiger partial charge on any atom is 0.342 e. The minimum Gasteiger partial charge on any atom is -0.464 e. The van der Waals surface area contributed by atoms with Crippen molar-refractivity contribution in [2.75, 3.05) is 13.2 Å². The van der Waals surface area contributed by atoms with Gasteiger partial charge in [0.2, 0.25) is 6.04 Å². The number of ether oxygens (including phenoxy) is 3. The number of hydrogen-bond donors (Lipinski definition) is 0. The van der Waals surface area contributed by atoms with Crippen LogP contribution in [0.2, 0.25) is 0 Å². The van der Waals surface area contributed by atoms with E-state index in [1.54, 1.807) is 44.2 Å². The first-order valence-electron chi connectivity index (χ1n) is 9.52. The Morgan fingerprint density at radius 3 is 2.27 bits per heavy atom. The van der Waals surface area contributed by atoms with E-state index in [4.69, 9.17) is 25.8 Å². The fraction of sp³-hybridized carbons (Fsp3) is 0.364. The van der Waals surface area contributed by atoms with Gasteiger partial charge in [0.1, 0.15) is 0 Å². The average molecular weight is 434 g/mol. The van der Waals surface area contributed by atoms with E-state index in [1.165, 1.54) is 13.1 Å². The molecule has 160 valence electrons. The molecule has 0 amide bonds. The SMILES string of the molecule is CCOC(=O)C(N=CC1C=C(Cl)C=CC1(OC(C)=O)c1ccccc1)C(=O)OCC. The topological polar surface area (TPSA) is 91.3 Å². The van der Waals surface area contributed by atoms with Crippen LogP contribution in [0.4, 0.5) is 0 Å². The van der Waals surface area contributed by atoms with Crippen LogP contribution in [0.1, 0.15) is 26.3 Å². The van der Waals surface area contributed by atoms with Gasteiger partial charge in [-0.1, -0.05) is 48.0 Å². The molecule has 0 N–H and O–H groups in total. The highest BCUT2D eigenvalue weighted by molar-refractivity contribution is 6.31. The number of nitrogens with zero attached hydrogens (tertiary/aromatic N) is 1. The first kappa shape index (κ1) is 23.3. The molecule has 0 aromatic heterocycles. The molecule has 0 saturated carbocycles. The number of allylic oxidation sites excluding steroid dienone is 2. The van der Waals surface area contributed by atoms with Gasteiger partial charge in [0.05, 0.1) is 19.1 Å². The van der Waals surface area contributed by atoms with Crippen molar-refractivity contribution in [2.24, 2.45) is 10.9 Å². The first-order chi connectivity index (χ1) is 14.3. The van der Waals surface area contributed by atoms with Crippen LogP contribution in [0, 0.1) is 5.92 Å². The molecular weight excluding hydrogens is 410 g/mol. The number of halogens is 1. The van der Waals surface area contributed by atoms with Crippen molar-refractivity contribution >= 4 is 35.7 Å². The largest absolute Gasteiger partial charge is 0.464 e. The van der Waals surface area contributed by atoms with Crippen molar-refractivity contribution < 1.29 is 28.6 Å². The van der Waals surface area contributed by atoms with Gasteiger partial charge in [0.15, 0.2) is 5.60 Å². The van der Waals surface area contributed by atoms with Gasteiger partial charge in [-0.05, 0) is 26.0 Å². The van der Waals surface area contributed by atoms with E-state index in [9.17, 15) is 14.4 Å². The quantitative estimate of drug-likeness (QED) is 0.270. The summed E-state index contributed by atoms with van der Waals surface area (Å²) in [5.74, 6) is -2.86. The van der Waals surface area contributed by atoms with E-state index >= 15 is 0 Å². The summed E-state index contributed by atoms with van der Waals surface area (Å²) in [6.07, 6.45) is 6.27. The second-order valence-electron chi connectivity index (χ2n) is 6.37. The summed E-state index contributed by atoms with van der Waals surface area (Å²) in [5, 5.41) is 0.397. The Kier molecular flexibility index (Phi) is 8.35. The maximum absolute atomic E-state index is 12.2. The lowest BCUT2D eigenvalue weighted by Crippen LogP contribution is -2.40. The Hall–Kier alpha value is -2.93. The minimum absolute atomic E-state index is 0.0869. The summed E-state index contributed by atoms with van der Waals surface area (Å²) in [6, 6.07) is 7.56. The van der Waals surface area contributed by atoms with E-state index in [-0.39, 0.29) is 13.2 Å². The normalized spacial score (nSPS) is 20.7. The number of carbonyl (C=O) groups excluding carboxylic acids is 3. The molecule has 1 aliphatic carbocycles. The number of esters is 3. The lowest BCUT2D eigenvalue weighted by Gasteiger charge is -2.37. The van der Waals surface area contributed by atoms with E-state index in [0.717, 1.165) is 0 Å². The molecule has 2 unspecified atom stereocenters. The second-order valence-corrected chi connectivity index (χ2v) is 6.80. The zero-order chi connectivity index (χ0) is 22.1. The smallest absolute Gasteiger partial charge is 0.342 e. The zero-order valence-corrected chi connectivity index (χ0v) is 17.8.